The number of likely N-dealkylation sites (tertiary alicyclic amines) is 1. The number of ether oxygens (including phenoxy) is 1. The second kappa shape index (κ2) is 8.60. The summed E-state index contributed by atoms with van der Waals surface area (Å²) in [4.78, 5) is 40.2. The van der Waals surface area contributed by atoms with Gasteiger partial charge in [0.25, 0.3) is 0 Å². The highest BCUT2D eigenvalue weighted by molar-refractivity contribution is 5.88. The molecule has 1 saturated heterocycles. The highest BCUT2D eigenvalue weighted by atomic mass is 16.5. The molecule has 1 aliphatic heterocycles. The van der Waals surface area contributed by atoms with Gasteiger partial charge in [0.15, 0.2) is 0 Å². The van der Waals surface area contributed by atoms with Crippen LogP contribution in [0.3, 0.4) is 0 Å². The molecule has 1 aromatic rings. The first-order valence-corrected chi connectivity index (χ1v) is 9.27. The number of likely N-dealkylation sites (N-methyl/N-ethyl adjacent to an activating group) is 3. The fraction of sp³-hybridized carbons (Fsp3) is 0.550. The van der Waals surface area contributed by atoms with Crippen molar-refractivity contribution in [1.29, 1.82) is 0 Å². The van der Waals surface area contributed by atoms with E-state index in [4.69, 9.17) is 4.74 Å². The summed E-state index contributed by atoms with van der Waals surface area (Å²) >= 11 is 0. The first-order valence-electron chi connectivity index (χ1n) is 9.27. The van der Waals surface area contributed by atoms with Gasteiger partial charge in [-0.2, -0.15) is 0 Å². The van der Waals surface area contributed by atoms with E-state index in [2.05, 4.69) is 5.32 Å². The molecule has 3 atom stereocenters. The number of amides is 2. The standard InChI is InChI=1S/C20H29N3O5/c1-6-20(19(26)27)11-15(18(25)22(3)12-16(24)21-2)17(23(20)4)13-7-9-14(28-5)10-8-13/h7-10,15,17H,6,11-12H2,1-5H3,(H,21,24)(H,26,27)/t15-,17-,20-/m1/s1. The number of rotatable bonds is 7. The van der Waals surface area contributed by atoms with Crippen molar-refractivity contribution in [3.8, 4) is 5.75 Å². The van der Waals surface area contributed by atoms with Gasteiger partial charge in [-0.3, -0.25) is 19.3 Å². The van der Waals surface area contributed by atoms with E-state index in [-0.39, 0.29) is 24.8 Å². The van der Waals surface area contributed by atoms with E-state index in [9.17, 15) is 19.5 Å². The topological polar surface area (TPSA) is 99.2 Å². The molecule has 2 N–H and O–H groups in total. The van der Waals surface area contributed by atoms with Gasteiger partial charge >= 0.3 is 5.97 Å². The molecule has 1 fully saturated rings. The van der Waals surface area contributed by atoms with Gasteiger partial charge in [0, 0.05) is 20.1 Å². The number of carbonyl (C=O) groups excluding carboxylic acids is 2. The molecule has 2 amide bonds. The SMILES string of the molecule is CC[C@]1(C(=O)O)C[C@@H](C(=O)N(C)CC(=O)NC)[C@@H](c2ccc(OC)cc2)N1C. The molecule has 0 aliphatic carbocycles. The summed E-state index contributed by atoms with van der Waals surface area (Å²) in [6.07, 6.45) is 0.553. The number of benzene rings is 1. The van der Waals surface area contributed by atoms with Gasteiger partial charge in [-0.1, -0.05) is 19.1 Å². The summed E-state index contributed by atoms with van der Waals surface area (Å²) < 4.78 is 5.20. The predicted molar refractivity (Wildman–Crippen MR) is 104 cm³/mol. The van der Waals surface area contributed by atoms with Gasteiger partial charge in [-0.15, -0.1) is 0 Å². The van der Waals surface area contributed by atoms with Crippen molar-refractivity contribution in [2.75, 3.05) is 34.8 Å². The minimum atomic E-state index is -1.14. The number of carboxylic acid groups (broad SMARTS) is 1. The Bertz CT molecular complexity index is 736. The Morgan fingerprint density at radius 2 is 1.93 bits per heavy atom. The summed E-state index contributed by atoms with van der Waals surface area (Å²) in [7, 11) is 6.40. The Hall–Kier alpha value is -2.61. The number of hydrogen-bond acceptors (Lipinski definition) is 5. The molecule has 0 spiro atoms. The quantitative estimate of drug-likeness (QED) is 0.723. The lowest BCUT2D eigenvalue weighted by molar-refractivity contribution is -0.150. The lowest BCUT2D eigenvalue weighted by atomic mass is 9.86. The average Bonchev–Trinajstić information content (AvgIpc) is 3.00. The smallest absolute Gasteiger partial charge is 0.324 e. The van der Waals surface area contributed by atoms with Crippen molar-refractivity contribution in [2.24, 2.45) is 5.92 Å². The second-order valence-corrected chi connectivity index (χ2v) is 7.20. The van der Waals surface area contributed by atoms with Crippen molar-refractivity contribution in [2.45, 2.75) is 31.3 Å². The van der Waals surface area contributed by atoms with Crippen LogP contribution in [0.2, 0.25) is 0 Å². The Labute approximate surface area is 165 Å². The molecule has 0 unspecified atom stereocenters. The molecular weight excluding hydrogens is 362 g/mol. The van der Waals surface area contributed by atoms with E-state index in [1.807, 2.05) is 19.1 Å². The van der Waals surface area contributed by atoms with Crippen LogP contribution in [0, 0.1) is 5.92 Å². The van der Waals surface area contributed by atoms with Crippen LogP contribution >= 0.6 is 0 Å². The molecule has 2 rings (SSSR count). The molecule has 0 aromatic heterocycles. The Morgan fingerprint density at radius 1 is 1.32 bits per heavy atom. The zero-order chi connectivity index (χ0) is 21.1. The molecule has 154 valence electrons. The molecule has 28 heavy (non-hydrogen) atoms. The van der Waals surface area contributed by atoms with E-state index in [1.165, 1.54) is 11.9 Å². The van der Waals surface area contributed by atoms with Crippen molar-refractivity contribution in [3.05, 3.63) is 29.8 Å². The number of hydrogen-bond donors (Lipinski definition) is 2. The number of carbonyl (C=O) groups is 3. The van der Waals surface area contributed by atoms with Crippen LogP contribution in [-0.4, -0.2) is 73.0 Å². The molecular formula is C20H29N3O5. The second-order valence-electron chi connectivity index (χ2n) is 7.20. The van der Waals surface area contributed by atoms with Gasteiger partial charge in [-0.05, 0) is 37.6 Å². The molecule has 1 aliphatic rings. The third-order valence-corrected chi connectivity index (χ3v) is 5.82. The summed E-state index contributed by atoms with van der Waals surface area (Å²) in [5.41, 5.74) is -0.301. The van der Waals surface area contributed by atoms with Gasteiger partial charge < -0.3 is 20.1 Å². The summed E-state index contributed by atoms with van der Waals surface area (Å²) in [6.45, 7) is 1.74. The van der Waals surface area contributed by atoms with E-state index in [0.29, 0.717) is 12.2 Å². The first-order chi connectivity index (χ1) is 13.2. The molecule has 8 heteroatoms. The highest BCUT2D eigenvalue weighted by Crippen LogP contribution is 2.48. The van der Waals surface area contributed by atoms with Crippen LogP contribution in [0.4, 0.5) is 0 Å². The fourth-order valence-corrected chi connectivity index (χ4v) is 4.07. The van der Waals surface area contributed by atoms with Gasteiger partial charge in [0.2, 0.25) is 11.8 Å². The average molecular weight is 391 g/mol. The number of nitrogens with zero attached hydrogens (tertiary/aromatic N) is 2. The molecule has 0 saturated carbocycles. The minimum absolute atomic E-state index is 0.0723. The molecule has 0 bridgehead atoms. The van der Waals surface area contributed by atoms with E-state index in [1.54, 1.807) is 38.2 Å². The molecule has 1 aromatic carbocycles. The van der Waals surface area contributed by atoms with Crippen LogP contribution in [0.1, 0.15) is 31.4 Å². The first kappa shape index (κ1) is 21.7. The highest BCUT2D eigenvalue weighted by Gasteiger charge is 2.56. The molecule has 0 radical (unpaired) electrons. The third-order valence-electron chi connectivity index (χ3n) is 5.82. The van der Waals surface area contributed by atoms with Gasteiger partial charge in [-0.25, -0.2) is 0 Å². The number of carboxylic acids is 1. The van der Waals surface area contributed by atoms with Gasteiger partial charge in [0.1, 0.15) is 11.3 Å². The largest absolute Gasteiger partial charge is 0.497 e. The Kier molecular flexibility index (Phi) is 6.66. The monoisotopic (exact) mass is 391 g/mol. The fourth-order valence-electron chi connectivity index (χ4n) is 4.07. The molecule has 8 nitrogen and oxygen atoms in total. The van der Waals surface area contributed by atoms with Crippen LogP contribution in [-0.2, 0) is 14.4 Å². The van der Waals surface area contributed by atoms with Crippen LogP contribution in [0.25, 0.3) is 0 Å². The van der Waals surface area contributed by atoms with E-state index < -0.39 is 23.5 Å². The van der Waals surface area contributed by atoms with Crippen molar-refractivity contribution >= 4 is 17.8 Å². The summed E-state index contributed by atoms with van der Waals surface area (Å²) in [6, 6.07) is 6.89. The van der Waals surface area contributed by atoms with Crippen LogP contribution < -0.4 is 10.1 Å². The zero-order valence-electron chi connectivity index (χ0n) is 17.1. The van der Waals surface area contributed by atoms with Crippen LogP contribution in [0.5, 0.6) is 5.75 Å². The van der Waals surface area contributed by atoms with Crippen molar-refractivity contribution < 1.29 is 24.2 Å². The number of methoxy groups -OCH3 is 1. The Morgan fingerprint density at radius 3 is 2.39 bits per heavy atom. The molecule has 1 heterocycles. The summed E-state index contributed by atoms with van der Waals surface area (Å²) in [5.74, 6) is -1.36. The normalized spacial score (nSPS) is 24.6. The number of aliphatic carboxylic acids is 1. The maximum atomic E-state index is 13.2. The van der Waals surface area contributed by atoms with Crippen molar-refractivity contribution in [3.63, 3.8) is 0 Å². The zero-order valence-corrected chi connectivity index (χ0v) is 17.1. The van der Waals surface area contributed by atoms with Crippen LogP contribution in [0.15, 0.2) is 24.3 Å². The Balaban J connectivity index is 2.44. The van der Waals surface area contributed by atoms with E-state index >= 15 is 0 Å². The summed E-state index contributed by atoms with van der Waals surface area (Å²) in [5, 5.41) is 12.5. The van der Waals surface area contributed by atoms with E-state index in [0.717, 1.165) is 5.56 Å². The minimum Gasteiger partial charge on any atom is -0.497 e. The third kappa shape index (κ3) is 3.82. The maximum Gasteiger partial charge on any atom is 0.324 e. The predicted octanol–water partition coefficient (Wildman–Crippen LogP) is 1.13. The number of nitrogens with one attached hydrogen (secondary N) is 1. The van der Waals surface area contributed by atoms with Gasteiger partial charge in [0.05, 0.1) is 19.6 Å². The maximum absolute atomic E-state index is 13.2. The lowest BCUT2D eigenvalue weighted by Crippen LogP contribution is -2.48. The lowest BCUT2D eigenvalue weighted by Gasteiger charge is -2.34. The van der Waals surface area contributed by atoms with Crippen molar-refractivity contribution in [1.82, 2.24) is 15.1 Å².